The fraction of sp³-hybridized carbons (Fsp3) is 0.0385. The number of benzene rings is 3. The highest BCUT2D eigenvalue weighted by Crippen LogP contribution is 2.34. The van der Waals surface area contributed by atoms with Crippen molar-refractivity contribution in [1.29, 1.82) is 0 Å². The number of amides is 1. The van der Waals surface area contributed by atoms with Crippen LogP contribution in [-0.4, -0.2) is 25.5 Å². The summed E-state index contributed by atoms with van der Waals surface area (Å²) in [4.78, 5) is 11.8. The second-order valence-corrected chi connectivity index (χ2v) is 7.88. The molecule has 0 spiro atoms. The number of hydrogen-bond acceptors (Lipinski definition) is 3. The highest BCUT2D eigenvalue weighted by Gasteiger charge is 2.30. The third kappa shape index (κ3) is 4.08. The van der Waals surface area contributed by atoms with Crippen LogP contribution in [0.15, 0.2) is 91.8 Å². The van der Waals surface area contributed by atoms with E-state index in [-0.39, 0.29) is 5.57 Å². The summed E-state index contributed by atoms with van der Waals surface area (Å²) in [7, 11) is 0. The Labute approximate surface area is 197 Å². The molecule has 0 atom stereocenters. The minimum atomic E-state index is -4.42. The average Bonchev–Trinajstić information content (AvgIpc) is 3.51. The molecule has 2 heterocycles. The Morgan fingerprint density at radius 3 is 2.31 bits per heavy atom. The van der Waals surface area contributed by atoms with E-state index in [2.05, 4.69) is 11.7 Å². The Morgan fingerprint density at radius 1 is 0.943 bits per heavy atom. The van der Waals surface area contributed by atoms with Crippen LogP contribution < -0.4 is 5.73 Å². The van der Waals surface area contributed by atoms with Crippen LogP contribution in [-0.2, 0) is 11.0 Å². The van der Waals surface area contributed by atoms with E-state index in [0.29, 0.717) is 28.2 Å². The standard InChI is InChI=1S/C26H18F3N5O/c1-16(25(30)35)18-13-20(33-12-4-11-31-33)15-21(14-18)34-23-6-3-2-5-22(23)24(32-34)17-7-9-19(10-8-17)26(27,28)29/h2-15H,1H2,(H2,30,35). The fourth-order valence-corrected chi connectivity index (χ4v) is 3.88. The van der Waals surface area contributed by atoms with E-state index in [9.17, 15) is 18.0 Å². The van der Waals surface area contributed by atoms with Gasteiger partial charge in [-0.15, -0.1) is 0 Å². The van der Waals surface area contributed by atoms with Gasteiger partial charge in [0.1, 0.15) is 5.69 Å². The van der Waals surface area contributed by atoms with Crippen molar-refractivity contribution in [3.63, 3.8) is 0 Å². The smallest absolute Gasteiger partial charge is 0.366 e. The molecule has 0 aliphatic rings. The molecule has 174 valence electrons. The van der Waals surface area contributed by atoms with E-state index in [4.69, 9.17) is 10.8 Å². The zero-order chi connectivity index (χ0) is 24.7. The van der Waals surface area contributed by atoms with Crippen molar-refractivity contribution >= 4 is 22.4 Å². The summed E-state index contributed by atoms with van der Waals surface area (Å²) in [5.41, 5.74) is 8.42. The maximum atomic E-state index is 13.0. The monoisotopic (exact) mass is 473 g/mol. The first kappa shape index (κ1) is 22.1. The molecule has 0 bridgehead atoms. The number of alkyl halides is 3. The van der Waals surface area contributed by atoms with Crippen molar-refractivity contribution in [2.24, 2.45) is 5.73 Å². The topological polar surface area (TPSA) is 78.7 Å². The molecular weight excluding hydrogens is 455 g/mol. The predicted molar refractivity (Wildman–Crippen MR) is 127 cm³/mol. The summed E-state index contributed by atoms with van der Waals surface area (Å²) in [5.74, 6) is -0.663. The molecule has 2 N–H and O–H groups in total. The number of nitrogens with two attached hydrogens (primary N) is 1. The van der Waals surface area contributed by atoms with E-state index in [1.165, 1.54) is 12.1 Å². The molecule has 0 saturated carbocycles. The Bertz CT molecular complexity index is 1570. The predicted octanol–water partition coefficient (Wildman–Crippen LogP) is 5.40. The van der Waals surface area contributed by atoms with Gasteiger partial charge in [0.25, 0.3) is 0 Å². The average molecular weight is 473 g/mol. The Hall–Kier alpha value is -4.66. The molecule has 1 amide bonds. The number of carbonyl (C=O) groups excluding carboxylic acids is 1. The van der Waals surface area contributed by atoms with Crippen LogP contribution in [0, 0.1) is 0 Å². The van der Waals surface area contributed by atoms with Gasteiger partial charge in [-0.05, 0) is 48.0 Å². The Balaban J connectivity index is 1.71. The minimum absolute atomic E-state index is 0.125. The molecule has 0 aliphatic carbocycles. The van der Waals surface area contributed by atoms with Crippen LogP contribution in [0.2, 0.25) is 0 Å². The normalized spacial score (nSPS) is 11.6. The summed E-state index contributed by atoms with van der Waals surface area (Å²) >= 11 is 0. The number of rotatable bonds is 5. The van der Waals surface area contributed by atoms with Crippen molar-refractivity contribution in [1.82, 2.24) is 19.6 Å². The molecule has 9 heteroatoms. The van der Waals surface area contributed by atoms with Crippen molar-refractivity contribution in [2.75, 3.05) is 0 Å². The van der Waals surface area contributed by atoms with E-state index in [1.807, 2.05) is 30.3 Å². The van der Waals surface area contributed by atoms with E-state index < -0.39 is 17.6 Å². The van der Waals surface area contributed by atoms with Crippen LogP contribution in [0.25, 0.3) is 39.1 Å². The molecule has 0 saturated heterocycles. The lowest BCUT2D eigenvalue weighted by atomic mass is 10.0. The molecule has 0 aliphatic heterocycles. The molecule has 5 aromatic rings. The number of carbonyl (C=O) groups is 1. The van der Waals surface area contributed by atoms with E-state index in [1.54, 1.807) is 40.0 Å². The van der Waals surface area contributed by atoms with Crippen molar-refractivity contribution in [3.8, 4) is 22.6 Å². The zero-order valence-electron chi connectivity index (χ0n) is 18.2. The van der Waals surface area contributed by atoms with Gasteiger partial charge in [-0.3, -0.25) is 4.79 Å². The van der Waals surface area contributed by atoms with Crippen LogP contribution in [0.3, 0.4) is 0 Å². The molecule has 0 fully saturated rings. The number of halogens is 3. The number of primary amides is 1. The van der Waals surface area contributed by atoms with Crippen LogP contribution >= 0.6 is 0 Å². The summed E-state index contributed by atoms with van der Waals surface area (Å²) in [6.45, 7) is 3.80. The second kappa shape index (κ2) is 8.28. The first-order valence-corrected chi connectivity index (χ1v) is 10.5. The molecule has 5 rings (SSSR count). The molecule has 3 aromatic carbocycles. The van der Waals surface area contributed by atoms with Gasteiger partial charge in [-0.2, -0.15) is 23.4 Å². The van der Waals surface area contributed by atoms with Crippen LogP contribution in [0.4, 0.5) is 13.2 Å². The van der Waals surface area contributed by atoms with Gasteiger partial charge in [0.05, 0.1) is 22.5 Å². The van der Waals surface area contributed by atoms with Gasteiger partial charge in [0, 0.05) is 28.9 Å². The van der Waals surface area contributed by atoms with E-state index >= 15 is 0 Å². The first-order valence-electron chi connectivity index (χ1n) is 10.5. The van der Waals surface area contributed by atoms with Crippen molar-refractivity contribution in [2.45, 2.75) is 6.18 Å². The lowest BCUT2D eigenvalue weighted by Gasteiger charge is -2.11. The Kier molecular flexibility index (Phi) is 5.24. The molecule has 6 nitrogen and oxygen atoms in total. The van der Waals surface area contributed by atoms with Crippen LogP contribution in [0.5, 0.6) is 0 Å². The molecule has 0 radical (unpaired) electrons. The van der Waals surface area contributed by atoms with Gasteiger partial charge in [0.2, 0.25) is 5.91 Å². The maximum Gasteiger partial charge on any atom is 0.416 e. The van der Waals surface area contributed by atoms with Crippen molar-refractivity contribution < 1.29 is 18.0 Å². The van der Waals surface area contributed by atoms with Crippen LogP contribution in [0.1, 0.15) is 11.1 Å². The lowest BCUT2D eigenvalue weighted by Crippen LogP contribution is -2.13. The third-order valence-corrected chi connectivity index (χ3v) is 5.63. The van der Waals surface area contributed by atoms with Gasteiger partial charge < -0.3 is 5.73 Å². The molecule has 35 heavy (non-hydrogen) atoms. The van der Waals surface area contributed by atoms with Gasteiger partial charge >= 0.3 is 6.18 Å². The quantitative estimate of drug-likeness (QED) is 0.348. The van der Waals surface area contributed by atoms with Gasteiger partial charge in [0.15, 0.2) is 0 Å². The molecular formula is C26H18F3N5O. The largest absolute Gasteiger partial charge is 0.416 e. The maximum absolute atomic E-state index is 13.0. The van der Waals surface area contributed by atoms with Gasteiger partial charge in [-0.25, -0.2) is 9.36 Å². The summed E-state index contributed by atoms with van der Waals surface area (Å²) in [6.07, 6.45) is -1.04. The van der Waals surface area contributed by atoms with Crippen molar-refractivity contribution in [3.05, 3.63) is 103 Å². The summed E-state index contributed by atoms with van der Waals surface area (Å²) in [5, 5.41) is 9.76. The SMILES string of the molecule is C=C(C(N)=O)c1cc(-n2cccn2)cc(-n2nc(-c3ccc(C(F)(F)F)cc3)c3ccccc32)c1. The number of aromatic nitrogens is 4. The summed E-state index contributed by atoms with van der Waals surface area (Å²) < 4.78 is 42.4. The highest BCUT2D eigenvalue weighted by atomic mass is 19.4. The fourth-order valence-electron chi connectivity index (χ4n) is 3.88. The molecule has 2 aromatic heterocycles. The summed E-state index contributed by atoms with van der Waals surface area (Å²) in [6, 6.07) is 19.4. The number of fused-ring (bicyclic) bond motifs is 1. The number of hydrogen-bond donors (Lipinski definition) is 1. The van der Waals surface area contributed by atoms with Gasteiger partial charge in [-0.1, -0.05) is 36.9 Å². The zero-order valence-corrected chi connectivity index (χ0v) is 18.2. The highest BCUT2D eigenvalue weighted by molar-refractivity contribution is 6.18. The Morgan fingerprint density at radius 2 is 1.66 bits per heavy atom. The minimum Gasteiger partial charge on any atom is -0.366 e. The number of nitrogens with zero attached hydrogens (tertiary/aromatic N) is 4. The number of para-hydroxylation sites is 1. The second-order valence-electron chi connectivity index (χ2n) is 7.88. The van der Waals surface area contributed by atoms with E-state index in [0.717, 1.165) is 23.0 Å². The third-order valence-electron chi connectivity index (χ3n) is 5.63. The molecule has 0 unspecified atom stereocenters. The lowest BCUT2D eigenvalue weighted by molar-refractivity contribution is -0.137. The first-order chi connectivity index (χ1) is 16.7.